The number of anilines is 1. The Hall–Kier alpha value is -1.79. The number of ether oxygens (including phenoxy) is 1. The highest BCUT2D eigenvalue weighted by Gasteiger charge is 2.25. The summed E-state index contributed by atoms with van der Waals surface area (Å²) in [5.74, 6) is 0.392. The first-order chi connectivity index (χ1) is 10.9. The molecule has 2 N–H and O–H groups in total. The summed E-state index contributed by atoms with van der Waals surface area (Å²) in [6, 6.07) is 5.42. The number of nitrogens with zero attached hydrogens (tertiary/aromatic N) is 1. The summed E-state index contributed by atoms with van der Waals surface area (Å²) in [5, 5.41) is 6.27. The van der Waals surface area contributed by atoms with E-state index in [0.29, 0.717) is 23.0 Å². The molecule has 2 amide bonds. The number of benzene rings is 1. The number of halogens is 1. The van der Waals surface area contributed by atoms with Gasteiger partial charge in [-0.05, 0) is 44.5 Å². The first-order valence-corrected chi connectivity index (χ1v) is 7.86. The Morgan fingerprint density at radius 1 is 1.33 bits per heavy atom. The number of methoxy groups -OCH3 is 1. The van der Waals surface area contributed by atoms with Crippen LogP contribution in [0.1, 0.15) is 30.1 Å². The van der Waals surface area contributed by atoms with Crippen LogP contribution < -0.4 is 15.4 Å². The van der Waals surface area contributed by atoms with E-state index < -0.39 is 0 Å². The molecular weight excluding hydrogens is 330 g/mol. The minimum Gasteiger partial charge on any atom is -0.495 e. The van der Waals surface area contributed by atoms with E-state index in [-0.39, 0.29) is 30.1 Å². The molecule has 1 saturated heterocycles. The molecule has 0 aliphatic carbocycles. The van der Waals surface area contributed by atoms with Crippen LogP contribution in [-0.4, -0.2) is 50.5 Å². The zero-order valence-corrected chi connectivity index (χ0v) is 15.4. The summed E-state index contributed by atoms with van der Waals surface area (Å²) in [6.45, 7) is 2.94. The molecule has 6 nitrogen and oxygen atoms in total. The predicted molar refractivity (Wildman–Crippen MR) is 97.1 cm³/mol. The lowest BCUT2D eigenvalue weighted by molar-refractivity contribution is -0.120. The SMILES string of the molecule is COc1cc(C(=O)N(C)C)ccc1NC(=O)[C@H]1CCN[C@@H](C)C1.Cl. The van der Waals surface area contributed by atoms with Crippen LogP contribution in [0.5, 0.6) is 5.75 Å². The van der Waals surface area contributed by atoms with Crippen molar-refractivity contribution in [3.8, 4) is 5.75 Å². The molecule has 1 aromatic carbocycles. The first kappa shape index (κ1) is 20.3. The van der Waals surface area contributed by atoms with Gasteiger partial charge in [-0.2, -0.15) is 0 Å². The molecule has 1 aliphatic rings. The lowest BCUT2D eigenvalue weighted by Gasteiger charge is -2.27. The van der Waals surface area contributed by atoms with Crippen LogP contribution in [0.3, 0.4) is 0 Å². The fourth-order valence-corrected chi connectivity index (χ4v) is 2.79. The fraction of sp³-hybridized carbons (Fsp3) is 0.529. The minimum absolute atomic E-state index is 0. The van der Waals surface area contributed by atoms with Crippen molar-refractivity contribution in [1.82, 2.24) is 10.2 Å². The van der Waals surface area contributed by atoms with Crippen LogP contribution in [0, 0.1) is 5.92 Å². The summed E-state index contributed by atoms with van der Waals surface area (Å²) in [4.78, 5) is 25.9. The molecule has 0 bridgehead atoms. The molecule has 0 saturated carbocycles. The molecular formula is C17H26ClN3O3. The van der Waals surface area contributed by atoms with Gasteiger partial charge in [0.15, 0.2) is 0 Å². The molecule has 0 radical (unpaired) electrons. The van der Waals surface area contributed by atoms with Crippen molar-refractivity contribution in [2.45, 2.75) is 25.8 Å². The molecule has 1 aliphatic heterocycles. The zero-order chi connectivity index (χ0) is 17.0. The maximum Gasteiger partial charge on any atom is 0.253 e. The van der Waals surface area contributed by atoms with E-state index in [1.807, 2.05) is 0 Å². The monoisotopic (exact) mass is 355 g/mol. The Morgan fingerprint density at radius 2 is 2.04 bits per heavy atom. The molecule has 0 aromatic heterocycles. The van der Waals surface area contributed by atoms with E-state index in [1.54, 1.807) is 32.3 Å². The van der Waals surface area contributed by atoms with Crippen LogP contribution in [0.4, 0.5) is 5.69 Å². The van der Waals surface area contributed by atoms with E-state index in [9.17, 15) is 9.59 Å². The van der Waals surface area contributed by atoms with Gasteiger partial charge < -0.3 is 20.3 Å². The number of amides is 2. The first-order valence-electron chi connectivity index (χ1n) is 7.86. The third-order valence-electron chi connectivity index (χ3n) is 4.11. The highest BCUT2D eigenvalue weighted by atomic mass is 35.5. The summed E-state index contributed by atoms with van der Waals surface area (Å²) in [7, 11) is 4.92. The van der Waals surface area contributed by atoms with Crippen molar-refractivity contribution in [1.29, 1.82) is 0 Å². The summed E-state index contributed by atoms with van der Waals surface area (Å²) in [5.41, 5.74) is 1.12. The van der Waals surface area contributed by atoms with Crippen molar-refractivity contribution >= 4 is 29.9 Å². The van der Waals surface area contributed by atoms with Crippen molar-refractivity contribution in [2.75, 3.05) is 33.1 Å². The topological polar surface area (TPSA) is 70.7 Å². The van der Waals surface area contributed by atoms with Gasteiger partial charge in [0.2, 0.25) is 5.91 Å². The standard InChI is InChI=1S/C17H25N3O3.ClH/c1-11-9-12(7-8-18-11)16(21)19-14-6-5-13(10-15(14)23-4)17(22)20(2)3;/h5-6,10-12,18H,7-9H2,1-4H3,(H,19,21);1H/t11-,12-;/m0./s1. The molecule has 7 heteroatoms. The minimum atomic E-state index is -0.103. The van der Waals surface area contributed by atoms with Crippen molar-refractivity contribution in [3.63, 3.8) is 0 Å². The quantitative estimate of drug-likeness (QED) is 0.868. The van der Waals surface area contributed by atoms with Gasteiger partial charge >= 0.3 is 0 Å². The van der Waals surface area contributed by atoms with Crippen LogP contribution in [0.15, 0.2) is 18.2 Å². The van der Waals surface area contributed by atoms with Gasteiger partial charge in [0.05, 0.1) is 12.8 Å². The third-order valence-corrected chi connectivity index (χ3v) is 4.11. The third kappa shape index (κ3) is 4.85. The average molecular weight is 356 g/mol. The smallest absolute Gasteiger partial charge is 0.253 e. The van der Waals surface area contributed by atoms with Gasteiger partial charge in [0.1, 0.15) is 5.75 Å². The van der Waals surface area contributed by atoms with Gasteiger partial charge in [-0.1, -0.05) is 0 Å². The summed E-state index contributed by atoms with van der Waals surface area (Å²) in [6.07, 6.45) is 1.65. The van der Waals surface area contributed by atoms with E-state index in [1.165, 1.54) is 12.0 Å². The lowest BCUT2D eigenvalue weighted by Crippen LogP contribution is -2.40. The maximum absolute atomic E-state index is 12.4. The molecule has 134 valence electrons. The normalized spacial score (nSPS) is 19.8. The Bertz CT molecular complexity index is 592. The highest BCUT2D eigenvalue weighted by Crippen LogP contribution is 2.27. The molecule has 2 rings (SSSR count). The second-order valence-corrected chi connectivity index (χ2v) is 6.18. The van der Waals surface area contributed by atoms with Gasteiger partial charge in [0.25, 0.3) is 5.91 Å². The molecule has 1 heterocycles. The Balaban J connectivity index is 0.00000288. The van der Waals surface area contributed by atoms with Crippen LogP contribution >= 0.6 is 12.4 Å². The Morgan fingerprint density at radius 3 is 2.62 bits per heavy atom. The summed E-state index contributed by atoms with van der Waals surface area (Å²) < 4.78 is 5.33. The van der Waals surface area contributed by atoms with Crippen LogP contribution in [0.2, 0.25) is 0 Å². The highest BCUT2D eigenvalue weighted by molar-refractivity contribution is 5.97. The molecule has 0 unspecified atom stereocenters. The Labute approximate surface area is 149 Å². The number of nitrogens with one attached hydrogen (secondary N) is 2. The fourth-order valence-electron chi connectivity index (χ4n) is 2.79. The van der Waals surface area contributed by atoms with E-state index in [2.05, 4.69) is 17.6 Å². The molecule has 24 heavy (non-hydrogen) atoms. The lowest BCUT2D eigenvalue weighted by atomic mass is 9.92. The van der Waals surface area contributed by atoms with Crippen LogP contribution in [-0.2, 0) is 4.79 Å². The second kappa shape index (κ2) is 8.89. The van der Waals surface area contributed by atoms with Crippen LogP contribution in [0.25, 0.3) is 0 Å². The molecule has 0 spiro atoms. The second-order valence-electron chi connectivity index (χ2n) is 6.18. The van der Waals surface area contributed by atoms with E-state index in [4.69, 9.17) is 4.74 Å². The molecule has 1 fully saturated rings. The summed E-state index contributed by atoms with van der Waals surface area (Å²) >= 11 is 0. The van der Waals surface area contributed by atoms with Gasteiger partial charge in [-0.15, -0.1) is 12.4 Å². The zero-order valence-electron chi connectivity index (χ0n) is 14.6. The van der Waals surface area contributed by atoms with Gasteiger partial charge in [-0.25, -0.2) is 0 Å². The van der Waals surface area contributed by atoms with Crippen molar-refractivity contribution < 1.29 is 14.3 Å². The van der Waals surface area contributed by atoms with Crippen molar-refractivity contribution in [3.05, 3.63) is 23.8 Å². The maximum atomic E-state index is 12.4. The Kier molecular flexibility index (Phi) is 7.51. The predicted octanol–water partition coefficient (Wildman–Crippen LogP) is 2.15. The number of hydrogen-bond acceptors (Lipinski definition) is 4. The average Bonchev–Trinajstić information content (AvgIpc) is 2.54. The number of hydrogen-bond donors (Lipinski definition) is 2. The molecule has 1 aromatic rings. The number of rotatable bonds is 4. The number of carbonyl (C=O) groups is 2. The largest absolute Gasteiger partial charge is 0.495 e. The van der Waals surface area contributed by atoms with Crippen molar-refractivity contribution in [2.24, 2.45) is 5.92 Å². The van der Waals surface area contributed by atoms with E-state index in [0.717, 1.165) is 19.4 Å². The number of carbonyl (C=O) groups excluding carboxylic acids is 2. The van der Waals surface area contributed by atoms with Gasteiger partial charge in [-0.3, -0.25) is 9.59 Å². The van der Waals surface area contributed by atoms with E-state index >= 15 is 0 Å². The molecule has 2 atom stereocenters. The number of piperidine rings is 1. The van der Waals surface area contributed by atoms with Gasteiger partial charge in [0, 0.05) is 31.6 Å².